The molecule has 6 nitrogen and oxygen atoms in total. The second-order valence-corrected chi connectivity index (χ2v) is 5.61. The van der Waals surface area contributed by atoms with E-state index >= 15 is 0 Å². The lowest BCUT2D eigenvalue weighted by Crippen LogP contribution is -2.24. The molecule has 20 heavy (non-hydrogen) atoms. The highest BCUT2D eigenvalue weighted by molar-refractivity contribution is 7.09. The lowest BCUT2D eigenvalue weighted by molar-refractivity contribution is 0.183. The Bertz CT molecular complexity index is 532. The highest BCUT2D eigenvalue weighted by Crippen LogP contribution is 2.19. The van der Waals surface area contributed by atoms with Gasteiger partial charge >= 0.3 is 6.01 Å². The van der Waals surface area contributed by atoms with Crippen LogP contribution in [0.15, 0.2) is 24.1 Å². The molecule has 7 heteroatoms. The fourth-order valence-corrected chi connectivity index (χ4v) is 2.83. The molecule has 1 saturated heterocycles. The minimum atomic E-state index is 0.149. The Morgan fingerprint density at radius 2 is 2.20 bits per heavy atom. The van der Waals surface area contributed by atoms with E-state index in [1.165, 1.54) is 4.88 Å². The predicted molar refractivity (Wildman–Crippen MR) is 75.0 cm³/mol. The van der Waals surface area contributed by atoms with E-state index in [-0.39, 0.29) is 6.10 Å². The van der Waals surface area contributed by atoms with Crippen molar-refractivity contribution in [3.05, 3.63) is 29.0 Å². The Labute approximate surface area is 121 Å². The van der Waals surface area contributed by atoms with E-state index in [4.69, 9.17) is 9.47 Å². The van der Waals surface area contributed by atoms with E-state index in [0.717, 1.165) is 26.1 Å². The second kappa shape index (κ2) is 6.15. The third-order valence-electron chi connectivity index (χ3n) is 3.20. The molecular formula is C13H16N4O2S. The van der Waals surface area contributed by atoms with Gasteiger partial charge in [0.1, 0.15) is 6.10 Å². The van der Waals surface area contributed by atoms with Crippen LogP contribution in [0.1, 0.15) is 11.3 Å². The first-order chi connectivity index (χ1) is 9.83. The minimum Gasteiger partial charge on any atom is -0.494 e. The van der Waals surface area contributed by atoms with Crippen LogP contribution >= 0.6 is 11.3 Å². The lowest BCUT2D eigenvalue weighted by Gasteiger charge is -2.15. The summed E-state index contributed by atoms with van der Waals surface area (Å²) in [6, 6.07) is 0.412. The number of ether oxygens (including phenoxy) is 2. The molecule has 1 atom stereocenters. The van der Waals surface area contributed by atoms with Crippen molar-refractivity contribution in [2.45, 2.75) is 19.1 Å². The molecule has 0 amide bonds. The van der Waals surface area contributed by atoms with Gasteiger partial charge in [-0.2, -0.15) is 9.97 Å². The van der Waals surface area contributed by atoms with Gasteiger partial charge in [-0.05, 0) is 6.42 Å². The summed E-state index contributed by atoms with van der Waals surface area (Å²) in [6.45, 7) is 2.86. The van der Waals surface area contributed by atoms with Crippen LogP contribution in [0.4, 0.5) is 0 Å². The summed E-state index contributed by atoms with van der Waals surface area (Å²) < 4.78 is 10.8. The van der Waals surface area contributed by atoms with Gasteiger partial charge in [-0.25, -0.2) is 0 Å². The van der Waals surface area contributed by atoms with E-state index < -0.39 is 0 Å². The number of nitrogens with zero attached hydrogens (tertiary/aromatic N) is 4. The van der Waals surface area contributed by atoms with Crippen molar-refractivity contribution in [1.29, 1.82) is 0 Å². The van der Waals surface area contributed by atoms with Gasteiger partial charge in [0.2, 0.25) is 0 Å². The topological polar surface area (TPSA) is 60.4 Å². The molecule has 1 fully saturated rings. The first kappa shape index (κ1) is 13.3. The number of thiazole rings is 1. The maximum Gasteiger partial charge on any atom is 0.316 e. The third-order valence-corrected chi connectivity index (χ3v) is 3.97. The van der Waals surface area contributed by atoms with E-state index in [1.807, 2.05) is 11.7 Å². The fraction of sp³-hybridized carbons (Fsp3) is 0.462. The molecule has 0 aliphatic carbocycles. The molecule has 3 rings (SSSR count). The first-order valence-electron chi connectivity index (χ1n) is 6.46. The number of rotatable bonds is 5. The molecule has 2 aromatic rings. The molecule has 0 radical (unpaired) electrons. The van der Waals surface area contributed by atoms with Crippen LogP contribution in [-0.2, 0) is 6.54 Å². The van der Waals surface area contributed by atoms with Gasteiger partial charge in [-0.15, -0.1) is 11.3 Å². The summed E-state index contributed by atoms with van der Waals surface area (Å²) in [5, 5.41) is 0. The lowest BCUT2D eigenvalue weighted by atomic mass is 10.3. The summed E-state index contributed by atoms with van der Waals surface area (Å²) in [4.78, 5) is 16.0. The van der Waals surface area contributed by atoms with Crippen molar-refractivity contribution in [3.8, 4) is 11.8 Å². The zero-order valence-corrected chi connectivity index (χ0v) is 12.0. The summed E-state index contributed by atoms with van der Waals surface area (Å²) in [7, 11) is 1.59. The first-order valence-corrected chi connectivity index (χ1v) is 7.34. The zero-order valence-electron chi connectivity index (χ0n) is 11.2. The van der Waals surface area contributed by atoms with Crippen LogP contribution in [0, 0.1) is 0 Å². The largest absolute Gasteiger partial charge is 0.494 e. The SMILES string of the molecule is COc1cnc(OC2CCN(Cc3cncs3)C2)nc1. The molecule has 0 saturated carbocycles. The van der Waals surface area contributed by atoms with Gasteiger partial charge in [0.15, 0.2) is 5.75 Å². The van der Waals surface area contributed by atoms with Crippen LogP contribution in [0.5, 0.6) is 11.8 Å². The number of hydrogen-bond acceptors (Lipinski definition) is 7. The Morgan fingerprint density at radius 3 is 2.90 bits per heavy atom. The normalized spacial score (nSPS) is 19.1. The summed E-state index contributed by atoms with van der Waals surface area (Å²) in [5.74, 6) is 0.635. The molecule has 106 valence electrons. The van der Waals surface area contributed by atoms with Crippen molar-refractivity contribution in [2.75, 3.05) is 20.2 Å². The molecule has 2 aromatic heterocycles. The van der Waals surface area contributed by atoms with Crippen LogP contribution in [0.25, 0.3) is 0 Å². The van der Waals surface area contributed by atoms with Gasteiger partial charge in [0, 0.05) is 30.7 Å². The van der Waals surface area contributed by atoms with Gasteiger partial charge in [0.25, 0.3) is 0 Å². The van der Waals surface area contributed by atoms with Gasteiger partial charge in [-0.1, -0.05) is 0 Å². The maximum absolute atomic E-state index is 5.79. The molecule has 0 aromatic carbocycles. The number of likely N-dealkylation sites (tertiary alicyclic amines) is 1. The Kier molecular flexibility index (Phi) is 4.08. The maximum atomic E-state index is 5.79. The third kappa shape index (κ3) is 3.23. The molecular weight excluding hydrogens is 276 g/mol. The van der Waals surface area contributed by atoms with Crippen molar-refractivity contribution in [2.24, 2.45) is 0 Å². The summed E-state index contributed by atoms with van der Waals surface area (Å²) in [6.07, 6.45) is 6.30. The molecule has 3 heterocycles. The average molecular weight is 292 g/mol. The van der Waals surface area contributed by atoms with Crippen molar-refractivity contribution < 1.29 is 9.47 Å². The predicted octanol–water partition coefficient (Wildman–Crippen LogP) is 1.59. The number of aromatic nitrogens is 3. The Hall–Kier alpha value is -1.73. The Morgan fingerprint density at radius 1 is 1.35 bits per heavy atom. The fourth-order valence-electron chi connectivity index (χ4n) is 2.20. The van der Waals surface area contributed by atoms with Crippen LogP contribution in [-0.4, -0.2) is 46.2 Å². The van der Waals surface area contributed by atoms with Crippen LogP contribution in [0.3, 0.4) is 0 Å². The zero-order chi connectivity index (χ0) is 13.8. The quantitative estimate of drug-likeness (QED) is 0.834. The highest BCUT2D eigenvalue weighted by atomic mass is 32.1. The van der Waals surface area contributed by atoms with Crippen molar-refractivity contribution in [3.63, 3.8) is 0 Å². The van der Waals surface area contributed by atoms with E-state index in [1.54, 1.807) is 30.8 Å². The minimum absolute atomic E-state index is 0.149. The standard InChI is InChI=1S/C13H16N4O2S/c1-18-11-4-15-13(16-5-11)19-10-2-3-17(7-10)8-12-6-14-9-20-12/h4-6,9-10H,2-3,7-8H2,1H3. The monoisotopic (exact) mass is 292 g/mol. The number of methoxy groups -OCH3 is 1. The summed E-state index contributed by atoms with van der Waals surface area (Å²) >= 11 is 1.69. The second-order valence-electron chi connectivity index (χ2n) is 4.64. The van der Waals surface area contributed by atoms with E-state index in [0.29, 0.717) is 11.8 Å². The smallest absolute Gasteiger partial charge is 0.316 e. The molecule has 1 aliphatic rings. The number of hydrogen-bond donors (Lipinski definition) is 0. The van der Waals surface area contributed by atoms with Gasteiger partial charge in [0.05, 0.1) is 25.0 Å². The van der Waals surface area contributed by atoms with Crippen molar-refractivity contribution in [1.82, 2.24) is 19.9 Å². The molecule has 0 N–H and O–H groups in total. The molecule has 1 unspecified atom stereocenters. The van der Waals surface area contributed by atoms with Crippen LogP contribution in [0.2, 0.25) is 0 Å². The van der Waals surface area contributed by atoms with Crippen molar-refractivity contribution >= 4 is 11.3 Å². The van der Waals surface area contributed by atoms with Crippen LogP contribution < -0.4 is 9.47 Å². The average Bonchev–Trinajstić information content (AvgIpc) is 3.12. The van der Waals surface area contributed by atoms with E-state index in [2.05, 4.69) is 19.9 Å². The molecule has 1 aliphatic heterocycles. The van der Waals surface area contributed by atoms with E-state index in [9.17, 15) is 0 Å². The highest BCUT2D eigenvalue weighted by Gasteiger charge is 2.25. The van der Waals surface area contributed by atoms with Gasteiger partial charge < -0.3 is 9.47 Å². The van der Waals surface area contributed by atoms with Gasteiger partial charge in [-0.3, -0.25) is 9.88 Å². The summed E-state index contributed by atoms with van der Waals surface area (Å²) in [5.41, 5.74) is 1.87. The molecule has 0 spiro atoms. The Balaban J connectivity index is 1.51. The molecule has 0 bridgehead atoms.